The molecule has 0 bridgehead atoms. The van der Waals surface area contributed by atoms with E-state index in [1.54, 1.807) is 17.5 Å². The lowest BCUT2D eigenvalue weighted by molar-refractivity contribution is 0.340. The molecule has 0 spiro atoms. The Morgan fingerprint density at radius 1 is 1.32 bits per heavy atom. The Morgan fingerprint density at radius 2 is 2.21 bits per heavy atom. The summed E-state index contributed by atoms with van der Waals surface area (Å²) in [5.41, 5.74) is 0. The molecule has 2 aromatic rings. The predicted octanol–water partition coefficient (Wildman–Crippen LogP) is 4.50. The van der Waals surface area contributed by atoms with E-state index in [1.165, 1.54) is 4.88 Å². The fourth-order valence-corrected chi connectivity index (χ4v) is 2.81. The molecule has 1 atom stereocenters. The summed E-state index contributed by atoms with van der Waals surface area (Å²) in [7, 11) is 0. The third-order valence-electron chi connectivity index (χ3n) is 2.85. The molecule has 0 saturated heterocycles. The number of hydrogen-bond acceptors (Lipinski definition) is 4. The second-order valence-corrected chi connectivity index (χ2v) is 5.26. The Bertz CT molecular complexity index is 485. The smallest absolute Gasteiger partial charge is 0.169 e. The number of ether oxygens (including phenoxy) is 1. The van der Waals surface area contributed by atoms with Gasteiger partial charge >= 0.3 is 0 Å². The number of anilines is 1. The van der Waals surface area contributed by atoms with Crippen molar-refractivity contribution < 1.29 is 4.74 Å². The highest BCUT2D eigenvalue weighted by Crippen LogP contribution is 2.30. The lowest BCUT2D eigenvalue weighted by atomic mass is 10.1. The molecule has 19 heavy (non-hydrogen) atoms. The molecule has 2 heterocycles. The molecule has 1 N–H and O–H groups in total. The van der Waals surface area contributed by atoms with Crippen LogP contribution in [-0.4, -0.2) is 11.6 Å². The van der Waals surface area contributed by atoms with Crippen LogP contribution in [-0.2, 0) is 0 Å². The van der Waals surface area contributed by atoms with Crippen LogP contribution < -0.4 is 10.1 Å². The maximum absolute atomic E-state index is 5.61. The quantitative estimate of drug-likeness (QED) is 0.808. The highest BCUT2D eigenvalue weighted by Gasteiger charge is 2.14. The van der Waals surface area contributed by atoms with Crippen molar-refractivity contribution in [3.63, 3.8) is 0 Å². The fraction of sp³-hybridized carbons (Fsp3) is 0.400. The number of nitrogens with zero attached hydrogens (tertiary/aromatic N) is 1. The Labute approximate surface area is 118 Å². The zero-order valence-electron chi connectivity index (χ0n) is 11.4. The van der Waals surface area contributed by atoms with Crippen molar-refractivity contribution >= 4 is 17.2 Å². The predicted molar refractivity (Wildman–Crippen MR) is 81.0 cm³/mol. The lowest BCUT2D eigenvalue weighted by Gasteiger charge is -2.19. The fourth-order valence-electron chi connectivity index (χ4n) is 2.00. The van der Waals surface area contributed by atoms with Crippen molar-refractivity contribution in [2.75, 3.05) is 11.9 Å². The standard InChI is InChI=1S/C15H20N2OS/c1-3-7-12(14-9-6-11-19-14)17-15-13(18-4-2)8-5-10-16-15/h5-6,8-12H,3-4,7H2,1-2H3,(H,16,17). The zero-order chi connectivity index (χ0) is 13.5. The first-order valence-electron chi connectivity index (χ1n) is 6.72. The van der Waals surface area contributed by atoms with E-state index in [9.17, 15) is 0 Å². The van der Waals surface area contributed by atoms with Crippen LogP contribution in [0.15, 0.2) is 35.8 Å². The Balaban J connectivity index is 2.17. The molecule has 0 fully saturated rings. The van der Waals surface area contributed by atoms with Crippen LogP contribution in [0.3, 0.4) is 0 Å². The van der Waals surface area contributed by atoms with E-state index < -0.39 is 0 Å². The maximum atomic E-state index is 5.61. The Morgan fingerprint density at radius 3 is 2.89 bits per heavy atom. The van der Waals surface area contributed by atoms with Gasteiger partial charge < -0.3 is 10.1 Å². The van der Waals surface area contributed by atoms with Gasteiger partial charge in [0.25, 0.3) is 0 Å². The van der Waals surface area contributed by atoms with Crippen LogP contribution in [0, 0.1) is 0 Å². The first kappa shape index (κ1) is 13.9. The van der Waals surface area contributed by atoms with Crippen LogP contribution in [0.1, 0.15) is 37.6 Å². The average Bonchev–Trinajstić information content (AvgIpc) is 2.94. The second kappa shape index (κ2) is 7.14. The molecule has 0 radical (unpaired) electrons. The third kappa shape index (κ3) is 3.70. The highest BCUT2D eigenvalue weighted by atomic mass is 32.1. The van der Waals surface area contributed by atoms with Crippen molar-refractivity contribution in [1.82, 2.24) is 4.98 Å². The van der Waals surface area contributed by atoms with Crippen LogP contribution in [0.5, 0.6) is 5.75 Å². The van der Waals surface area contributed by atoms with Crippen molar-refractivity contribution in [2.24, 2.45) is 0 Å². The van der Waals surface area contributed by atoms with E-state index in [-0.39, 0.29) is 0 Å². The molecule has 4 heteroatoms. The summed E-state index contributed by atoms with van der Waals surface area (Å²) in [4.78, 5) is 5.74. The van der Waals surface area contributed by atoms with E-state index in [0.29, 0.717) is 12.6 Å². The molecule has 2 aromatic heterocycles. The van der Waals surface area contributed by atoms with Gasteiger partial charge in [0, 0.05) is 11.1 Å². The molecule has 0 aromatic carbocycles. The summed E-state index contributed by atoms with van der Waals surface area (Å²) in [6, 6.07) is 8.42. The van der Waals surface area contributed by atoms with E-state index in [1.807, 2.05) is 19.1 Å². The van der Waals surface area contributed by atoms with Gasteiger partial charge in [-0.3, -0.25) is 0 Å². The summed E-state index contributed by atoms with van der Waals surface area (Å²) in [6.07, 6.45) is 4.01. The Kier molecular flexibility index (Phi) is 5.21. The van der Waals surface area contributed by atoms with Crippen molar-refractivity contribution in [3.8, 4) is 5.75 Å². The van der Waals surface area contributed by atoms with Gasteiger partial charge in [0.2, 0.25) is 0 Å². The van der Waals surface area contributed by atoms with Crippen molar-refractivity contribution in [1.29, 1.82) is 0 Å². The minimum atomic E-state index is 0.305. The minimum absolute atomic E-state index is 0.305. The van der Waals surface area contributed by atoms with Gasteiger partial charge in [-0.2, -0.15) is 0 Å². The van der Waals surface area contributed by atoms with Gasteiger partial charge in [0.05, 0.1) is 12.6 Å². The average molecular weight is 276 g/mol. The Hall–Kier alpha value is -1.55. The normalized spacial score (nSPS) is 12.1. The molecule has 0 amide bonds. The van der Waals surface area contributed by atoms with E-state index in [4.69, 9.17) is 4.74 Å². The summed E-state index contributed by atoms with van der Waals surface area (Å²) >= 11 is 1.78. The molecule has 102 valence electrons. The number of pyridine rings is 1. The van der Waals surface area contributed by atoms with Gasteiger partial charge in [-0.15, -0.1) is 11.3 Å². The van der Waals surface area contributed by atoms with E-state index in [2.05, 4.69) is 34.7 Å². The molecule has 0 saturated carbocycles. The third-order valence-corrected chi connectivity index (χ3v) is 3.83. The van der Waals surface area contributed by atoms with Crippen molar-refractivity contribution in [3.05, 3.63) is 40.7 Å². The molecule has 0 aliphatic carbocycles. The van der Waals surface area contributed by atoms with Crippen LogP contribution in [0.2, 0.25) is 0 Å². The summed E-state index contributed by atoms with van der Waals surface area (Å²) < 4.78 is 5.61. The van der Waals surface area contributed by atoms with Gasteiger partial charge in [0.15, 0.2) is 11.6 Å². The van der Waals surface area contributed by atoms with Crippen LogP contribution >= 0.6 is 11.3 Å². The lowest BCUT2D eigenvalue weighted by Crippen LogP contribution is -2.11. The first-order valence-corrected chi connectivity index (χ1v) is 7.60. The second-order valence-electron chi connectivity index (χ2n) is 4.28. The van der Waals surface area contributed by atoms with Gasteiger partial charge in [-0.05, 0) is 36.9 Å². The molecular weight excluding hydrogens is 256 g/mol. The van der Waals surface area contributed by atoms with Gasteiger partial charge in [-0.1, -0.05) is 19.4 Å². The molecule has 0 aliphatic heterocycles. The summed E-state index contributed by atoms with van der Waals surface area (Å²) in [6.45, 7) is 4.83. The topological polar surface area (TPSA) is 34.2 Å². The van der Waals surface area contributed by atoms with E-state index in [0.717, 1.165) is 24.4 Å². The van der Waals surface area contributed by atoms with Crippen LogP contribution in [0.25, 0.3) is 0 Å². The molecule has 3 nitrogen and oxygen atoms in total. The zero-order valence-corrected chi connectivity index (χ0v) is 12.2. The van der Waals surface area contributed by atoms with Crippen molar-refractivity contribution in [2.45, 2.75) is 32.7 Å². The molecule has 2 rings (SSSR count). The number of aromatic nitrogens is 1. The first-order chi connectivity index (χ1) is 9.35. The van der Waals surface area contributed by atoms with Gasteiger partial charge in [-0.25, -0.2) is 4.98 Å². The monoisotopic (exact) mass is 276 g/mol. The number of thiophene rings is 1. The maximum Gasteiger partial charge on any atom is 0.169 e. The summed E-state index contributed by atoms with van der Waals surface area (Å²) in [5, 5.41) is 5.62. The largest absolute Gasteiger partial charge is 0.490 e. The number of nitrogens with one attached hydrogen (secondary N) is 1. The SMILES string of the molecule is CCCC(Nc1ncccc1OCC)c1cccs1. The van der Waals surface area contributed by atoms with Gasteiger partial charge in [0.1, 0.15) is 0 Å². The van der Waals surface area contributed by atoms with E-state index >= 15 is 0 Å². The molecule has 1 unspecified atom stereocenters. The highest BCUT2D eigenvalue weighted by molar-refractivity contribution is 7.10. The molecule has 0 aliphatic rings. The molecular formula is C15H20N2OS. The summed E-state index contributed by atoms with van der Waals surface area (Å²) in [5.74, 6) is 1.65. The number of hydrogen-bond donors (Lipinski definition) is 1. The van der Waals surface area contributed by atoms with Crippen LogP contribution in [0.4, 0.5) is 5.82 Å². The number of rotatable bonds is 7. The minimum Gasteiger partial charge on any atom is -0.490 e.